The predicted octanol–water partition coefficient (Wildman–Crippen LogP) is 2.87. The molecule has 1 fully saturated rings. The van der Waals surface area contributed by atoms with Crippen molar-refractivity contribution >= 4 is 5.91 Å². The monoisotopic (exact) mass is 236 g/mol. The molecule has 0 aromatic rings. The summed E-state index contributed by atoms with van der Waals surface area (Å²) >= 11 is 0. The normalized spacial score (nSPS) is 25.9. The maximum absolute atomic E-state index is 11.6. The lowest BCUT2D eigenvalue weighted by Gasteiger charge is -2.26. The van der Waals surface area contributed by atoms with E-state index in [1.54, 1.807) is 0 Å². The number of carbonyl (C=O) groups is 1. The molecule has 1 N–H and O–H groups in total. The third kappa shape index (κ3) is 4.77. The van der Waals surface area contributed by atoms with Crippen LogP contribution in [0.2, 0.25) is 0 Å². The molecular formula is C14H24N2O. The van der Waals surface area contributed by atoms with Crippen LogP contribution in [0.25, 0.3) is 0 Å². The topological polar surface area (TPSA) is 52.9 Å². The fourth-order valence-corrected chi connectivity index (χ4v) is 2.48. The van der Waals surface area contributed by atoms with E-state index in [9.17, 15) is 4.79 Å². The van der Waals surface area contributed by atoms with Gasteiger partial charge in [-0.05, 0) is 24.7 Å². The summed E-state index contributed by atoms with van der Waals surface area (Å²) in [5, 5.41) is 11.6. The molecule has 96 valence electrons. The van der Waals surface area contributed by atoms with Gasteiger partial charge >= 0.3 is 0 Å². The highest BCUT2D eigenvalue weighted by molar-refractivity contribution is 5.80. The first-order valence-corrected chi connectivity index (χ1v) is 6.84. The first-order valence-electron chi connectivity index (χ1n) is 6.84. The quantitative estimate of drug-likeness (QED) is 0.798. The standard InChI is InChI=1S/C14H24N2O/c1-3-13(10-15)14(17)16-9-8-12-6-4-11(2)5-7-12/h11-13H,3-9H2,1-2H3,(H,16,17). The minimum atomic E-state index is -0.471. The Balaban J connectivity index is 2.15. The molecule has 0 radical (unpaired) electrons. The van der Waals surface area contributed by atoms with Crippen LogP contribution < -0.4 is 5.32 Å². The Labute approximate surface area is 105 Å². The molecule has 3 heteroatoms. The van der Waals surface area contributed by atoms with E-state index in [0.717, 1.165) is 24.8 Å². The van der Waals surface area contributed by atoms with Crippen molar-refractivity contribution in [3.05, 3.63) is 0 Å². The van der Waals surface area contributed by atoms with Crippen LogP contribution in [0.5, 0.6) is 0 Å². The zero-order valence-electron chi connectivity index (χ0n) is 11.0. The van der Waals surface area contributed by atoms with E-state index < -0.39 is 5.92 Å². The highest BCUT2D eigenvalue weighted by Crippen LogP contribution is 2.29. The Hall–Kier alpha value is -1.04. The molecule has 1 amide bonds. The number of nitrogens with zero attached hydrogens (tertiary/aromatic N) is 1. The summed E-state index contributed by atoms with van der Waals surface area (Å²) in [5.41, 5.74) is 0. The van der Waals surface area contributed by atoms with E-state index in [4.69, 9.17) is 5.26 Å². The summed E-state index contributed by atoms with van der Waals surface area (Å²) < 4.78 is 0. The number of nitriles is 1. The van der Waals surface area contributed by atoms with Gasteiger partial charge in [-0.3, -0.25) is 4.79 Å². The van der Waals surface area contributed by atoms with Crippen LogP contribution in [0.3, 0.4) is 0 Å². The number of carbonyl (C=O) groups excluding carboxylic acids is 1. The Morgan fingerprint density at radius 1 is 1.41 bits per heavy atom. The Kier molecular flexibility index (Phi) is 6.04. The van der Waals surface area contributed by atoms with Gasteiger partial charge in [-0.25, -0.2) is 0 Å². The van der Waals surface area contributed by atoms with Crippen LogP contribution >= 0.6 is 0 Å². The summed E-state index contributed by atoms with van der Waals surface area (Å²) in [6, 6.07) is 2.03. The smallest absolute Gasteiger partial charge is 0.237 e. The fraction of sp³-hybridized carbons (Fsp3) is 0.857. The SMILES string of the molecule is CCC(C#N)C(=O)NCCC1CCC(C)CC1. The predicted molar refractivity (Wildman–Crippen MR) is 68.1 cm³/mol. The molecule has 3 nitrogen and oxygen atoms in total. The lowest BCUT2D eigenvalue weighted by atomic mass is 9.81. The van der Waals surface area contributed by atoms with Crippen molar-refractivity contribution in [1.29, 1.82) is 5.26 Å². The second-order valence-corrected chi connectivity index (χ2v) is 5.30. The molecule has 0 spiro atoms. The van der Waals surface area contributed by atoms with E-state index in [1.807, 2.05) is 13.0 Å². The van der Waals surface area contributed by atoms with Gasteiger partial charge in [0.05, 0.1) is 6.07 Å². The van der Waals surface area contributed by atoms with Crippen LogP contribution in [0.15, 0.2) is 0 Å². The van der Waals surface area contributed by atoms with Crippen LogP contribution in [-0.2, 0) is 4.79 Å². The van der Waals surface area contributed by atoms with Crippen molar-refractivity contribution in [2.24, 2.45) is 17.8 Å². The lowest BCUT2D eigenvalue weighted by Crippen LogP contribution is -2.31. The second-order valence-electron chi connectivity index (χ2n) is 5.30. The third-order valence-corrected chi connectivity index (χ3v) is 3.87. The third-order valence-electron chi connectivity index (χ3n) is 3.87. The lowest BCUT2D eigenvalue weighted by molar-refractivity contribution is -0.123. The number of rotatable bonds is 5. The number of hydrogen-bond acceptors (Lipinski definition) is 2. The van der Waals surface area contributed by atoms with Crippen molar-refractivity contribution in [2.75, 3.05) is 6.54 Å². The van der Waals surface area contributed by atoms with Crippen molar-refractivity contribution in [1.82, 2.24) is 5.32 Å². The number of amides is 1. The van der Waals surface area contributed by atoms with E-state index in [1.165, 1.54) is 25.7 Å². The van der Waals surface area contributed by atoms with Crippen LogP contribution in [-0.4, -0.2) is 12.5 Å². The maximum atomic E-state index is 11.6. The summed E-state index contributed by atoms with van der Waals surface area (Å²) in [6.07, 6.45) is 6.92. The molecule has 0 aromatic heterocycles. The van der Waals surface area contributed by atoms with Crippen LogP contribution in [0, 0.1) is 29.1 Å². The van der Waals surface area contributed by atoms with Gasteiger partial charge in [-0.15, -0.1) is 0 Å². The molecule has 1 unspecified atom stereocenters. The average Bonchev–Trinajstić information content (AvgIpc) is 2.33. The highest BCUT2D eigenvalue weighted by atomic mass is 16.1. The van der Waals surface area contributed by atoms with Crippen molar-refractivity contribution in [3.63, 3.8) is 0 Å². The molecule has 0 saturated heterocycles. The zero-order valence-corrected chi connectivity index (χ0v) is 11.0. The second kappa shape index (κ2) is 7.32. The summed E-state index contributed by atoms with van der Waals surface area (Å²) in [4.78, 5) is 11.6. The highest BCUT2D eigenvalue weighted by Gasteiger charge is 2.19. The van der Waals surface area contributed by atoms with Gasteiger partial charge in [0.15, 0.2) is 0 Å². The summed E-state index contributed by atoms with van der Waals surface area (Å²) in [5.74, 6) is 1.08. The van der Waals surface area contributed by atoms with Gasteiger partial charge in [-0.2, -0.15) is 5.26 Å². The van der Waals surface area contributed by atoms with Crippen molar-refractivity contribution in [2.45, 2.75) is 52.4 Å². The largest absolute Gasteiger partial charge is 0.355 e. The first kappa shape index (κ1) is 14.0. The molecule has 1 rings (SSSR count). The molecule has 0 aliphatic heterocycles. The molecule has 1 atom stereocenters. The van der Waals surface area contributed by atoms with E-state index >= 15 is 0 Å². The minimum absolute atomic E-state index is 0.0980. The molecule has 0 aromatic carbocycles. The molecule has 0 bridgehead atoms. The average molecular weight is 236 g/mol. The Bertz CT molecular complexity index is 274. The van der Waals surface area contributed by atoms with E-state index in [0.29, 0.717) is 6.42 Å². The molecule has 1 aliphatic carbocycles. The van der Waals surface area contributed by atoms with Gasteiger partial charge < -0.3 is 5.32 Å². The van der Waals surface area contributed by atoms with E-state index in [-0.39, 0.29) is 5.91 Å². The van der Waals surface area contributed by atoms with Gasteiger partial charge in [-0.1, -0.05) is 39.5 Å². The zero-order chi connectivity index (χ0) is 12.7. The molecule has 1 aliphatic rings. The van der Waals surface area contributed by atoms with Crippen LogP contribution in [0.1, 0.15) is 52.4 Å². The fourth-order valence-electron chi connectivity index (χ4n) is 2.48. The maximum Gasteiger partial charge on any atom is 0.237 e. The summed E-state index contributed by atoms with van der Waals surface area (Å²) in [6.45, 7) is 4.92. The first-order chi connectivity index (χ1) is 8.17. The molecular weight excluding hydrogens is 212 g/mol. The van der Waals surface area contributed by atoms with Gasteiger partial charge in [0.2, 0.25) is 5.91 Å². The van der Waals surface area contributed by atoms with Gasteiger partial charge in [0, 0.05) is 6.54 Å². The van der Waals surface area contributed by atoms with Crippen molar-refractivity contribution in [3.8, 4) is 6.07 Å². The molecule has 0 heterocycles. The molecule has 1 saturated carbocycles. The van der Waals surface area contributed by atoms with E-state index in [2.05, 4.69) is 12.2 Å². The van der Waals surface area contributed by atoms with Gasteiger partial charge in [0.25, 0.3) is 0 Å². The van der Waals surface area contributed by atoms with Gasteiger partial charge in [0.1, 0.15) is 5.92 Å². The van der Waals surface area contributed by atoms with Crippen LogP contribution in [0.4, 0.5) is 0 Å². The number of hydrogen-bond donors (Lipinski definition) is 1. The minimum Gasteiger partial charge on any atom is -0.355 e. The Morgan fingerprint density at radius 3 is 2.59 bits per heavy atom. The number of nitrogens with one attached hydrogen (secondary N) is 1. The Morgan fingerprint density at radius 2 is 2.06 bits per heavy atom. The summed E-state index contributed by atoms with van der Waals surface area (Å²) in [7, 11) is 0. The molecule has 17 heavy (non-hydrogen) atoms. The van der Waals surface area contributed by atoms with Crippen molar-refractivity contribution < 1.29 is 4.79 Å².